The van der Waals surface area contributed by atoms with E-state index in [-0.39, 0.29) is 22.3 Å². The monoisotopic (exact) mass is 243 g/mol. The highest BCUT2D eigenvalue weighted by molar-refractivity contribution is 7.91. The zero-order chi connectivity index (χ0) is 11.8. The number of nitrogens with two attached hydrogens (primary N) is 1. The van der Waals surface area contributed by atoms with E-state index in [1.165, 1.54) is 12.1 Å². The van der Waals surface area contributed by atoms with Crippen molar-refractivity contribution in [2.45, 2.75) is 24.2 Å². The van der Waals surface area contributed by atoms with E-state index in [1.807, 2.05) is 0 Å². The van der Waals surface area contributed by atoms with Crippen LogP contribution in [0.15, 0.2) is 23.1 Å². The van der Waals surface area contributed by atoms with Gasteiger partial charge in [0.25, 0.3) is 0 Å². The molecule has 2 rings (SSSR count). The third-order valence-corrected chi connectivity index (χ3v) is 4.88. The Labute approximate surface area is 94.4 Å². The molecule has 1 aromatic carbocycles. The standard InChI is InChI=1S/C11H14FNO2S/c12-10-6-9(13)4-5-11(10)16(14,15)7-8-2-1-3-8/h4-6,8H,1-3,7,13H2. The van der Waals surface area contributed by atoms with Crippen LogP contribution in [0.2, 0.25) is 0 Å². The van der Waals surface area contributed by atoms with Gasteiger partial charge in [0, 0.05) is 5.69 Å². The second-order valence-corrected chi connectivity index (χ2v) is 6.27. The first kappa shape index (κ1) is 11.4. The number of rotatable bonds is 3. The maximum atomic E-state index is 13.5. The van der Waals surface area contributed by atoms with Crippen LogP contribution in [0.3, 0.4) is 0 Å². The summed E-state index contributed by atoms with van der Waals surface area (Å²) in [5, 5.41) is 0. The number of anilines is 1. The maximum absolute atomic E-state index is 13.5. The predicted octanol–water partition coefficient (Wildman–Crippen LogP) is 1.98. The molecule has 0 radical (unpaired) electrons. The van der Waals surface area contributed by atoms with Gasteiger partial charge in [0.05, 0.1) is 5.75 Å². The third-order valence-electron chi connectivity index (χ3n) is 2.97. The number of halogens is 1. The Morgan fingerprint density at radius 2 is 2.06 bits per heavy atom. The van der Waals surface area contributed by atoms with Gasteiger partial charge in [-0.25, -0.2) is 12.8 Å². The molecule has 2 N–H and O–H groups in total. The lowest BCUT2D eigenvalue weighted by Crippen LogP contribution is -2.22. The van der Waals surface area contributed by atoms with Crippen LogP contribution < -0.4 is 5.73 Å². The topological polar surface area (TPSA) is 60.2 Å². The van der Waals surface area contributed by atoms with Crippen LogP contribution in [-0.2, 0) is 9.84 Å². The SMILES string of the molecule is Nc1ccc(S(=O)(=O)CC2CCC2)c(F)c1. The summed E-state index contributed by atoms with van der Waals surface area (Å²) in [5.41, 5.74) is 5.61. The number of hydrogen-bond acceptors (Lipinski definition) is 3. The molecule has 5 heteroatoms. The van der Waals surface area contributed by atoms with E-state index >= 15 is 0 Å². The summed E-state index contributed by atoms with van der Waals surface area (Å²) < 4.78 is 37.2. The van der Waals surface area contributed by atoms with Crippen molar-refractivity contribution in [3.63, 3.8) is 0 Å². The van der Waals surface area contributed by atoms with Gasteiger partial charge in [0.2, 0.25) is 0 Å². The predicted molar refractivity (Wildman–Crippen MR) is 60.2 cm³/mol. The molecule has 0 spiro atoms. The summed E-state index contributed by atoms with van der Waals surface area (Å²) in [5.74, 6) is -0.505. The Morgan fingerprint density at radius 1 is 1.38 bits per heavy atom. The molecule has 1 fully saturated rings. The van der Waals surface area contributed by atoms with Crippen LogP contribution in [0.4, 0.5) is 10.1 Å². The minimum absolute atomic E-state index is 0.0494. The number of benzene rings is 1. The Hall–Kier alpha value is -1.10. The highest BCUT2D eigenvalue weighted by atomic mass is 32.2. The van der Waals surface area contributed by atoms with E-state index in [2.05, 4.69) is 0 Å². The molecule has 0 bridgehead atoms. The molecule has 0 saturated heterocycles. The van der Waals surface area contributed by atoms with E-state index in [1.54, 1.807) is 0 Å². The summed E-state index contributed by atoms with van der Waals surface area (Å²) >= 11 is 0. The van der Waals surface area contributed by atoms with Gasteiger partial charge in [-0.05, 0) is 37.0 Å². The van der Waals surface area contributed by atoms with E-state index in [9.17, 15) is 12.8 Å². The fourth-order valence-corrected chi connectivity index (χ4v) is 3.59. The van der Waals surface area contributed by atoms with Gasteiger partial charge in [-0.3, -0.25) is 0 Å². The molecule has 0 heterocycles. The van der Waals surface area contributed by atoms with Crippen molar-refractivity contribution in [2.75, 3.05) is 11.5 Å². The van der Waals surface area contributed by atoms with E-state index < -0.39 is 15.7 Å². The van der Waals surface area contributed by atoms with Crippen LogP contribution in [0.1, 0.15) is 19.3 Å². The molecule has 1 aliphatic carbocycles. The van der Waals surface area contributed by atoms with Crippen LogP contribution in [0, 0.1) is 11.7 Å². The average molecular weight is 243 g/mol. The van der Waals surface area contributed by atoms with E-state index in [4.69, 9.17) is 5.73 Å². The maximum Gasteiger partial charge on any atom is 0.181 e. The molecule has 0 amide bonds. The highest BCUT2D eigenvalue weighted by Gasteiger charge is 2.27. The summed E-state index contributed by atoms with van der Waals surface area (Å²) in [6.07, 6.45) is 2.93. The van der Waals surface area contributed by atoms with Crippen molar-refractivity contribution >= 4 is 15.5 Å². The Morgan fingerprint density at radius 3 is 2.56 bits per heavy atom. The second-order valence-electron chi connectivity index (χ2n) is 4.27. The number of nitrogen functional groups attached to an aromatic ring is 1. The Bertz CT molecular complexity index is 495. The van der Waals surface area contributed by atoms with Gasteiger partial charge < -0.3 is 5.73 Å². The quantitative estimate of drug-likeness (QED) is 0.826. The van der Waals surface area contributed by atoms with Crippen molar-refractivity contribution in [3.05, 3.63) is 24.0 Å². The molecule has 88 valence electrons. The third kappa shape index (κ3) is 2.19. The molecule has 1 aromatic rings. The van der Waals surface area contributed by atoms with Crippen molar-refractivity contribution in [1.29, 1.82) is 0 Å². The molecular weight excluding hydrogens is 229 g/mol. The lowest BCUT2D eigenvalue weighted by atomic mass is 9.87. The first-order valence-corrected chi connectivity index (χ1v) is 6.92. The molecule has 3 nitrogen and oxygen atoms in total. The van der Waals surface area contributed by atoms with Gasteiger partial charge >= 0.3 is 0 Å². The molecular formula is C11H14FNO2S. The Balaban J connectivity index is 2.27. The van der Waals surface area contributed by atoms with Gasteiger partial charge in [-0.1, -0.05) is 6.42 Å². The van der Waals surface area contributed by atoms with E-state index in [0.29, 0.717) is 0 Å². The van der Waals surface area contributed by atoms with Gasteiger partial charge in [0.15, 0.2) is 9.84 Å². The van der Waals surface area contributed by atoms with Crippen LogP contribution in [0.5, 0.6) is 0 Å². The molecule has 0 aliphatic heterocycles. The lowest BCUT2D eigenvalue weighted by molar-refractivity contribution is 0.347. The van der Waals surface area contributed by atoms with Crippen LogP contribution >= 0.6 is 0 Å². The minimum atomic E-state index is -3.50. The molecule has 0 atom stereocenters. The lowest BCUT2D eigenvalue weighted by Gasteiger charge is -2.24. The fourth-order valence-electron chi connectivity index (χ4n) is 1.83. The van der Waals surface area contributed by atoms with Crippen LogP contribution in [-0.4, -0.2) is 14.2 Å². The second kappa shape index (κ2) is 4.05. The van der Waals surface area contributed by atoms with Crippen molar-refractivity contribution in [3.8, 4) is 0 Å². The summed E-state index contributed by atoms with van der Waals surface area (Å²) in [4.78, 5) is -0.228. The highest BCUT2D eigenvalue weighted by Crippen LogP contribution is 2.30. The molecule has 1 aliphatic rings. The van der Waals surface area contributed by atoms with Crippen molar-refractivity contribution in [2.24, 2.45) is 5.92 Å². The normalized spacial score (nSPS) is 17.1. The number of hydrogen-bond donors (Lipinski definition) is 1. The Kier molecular flexibility index (Phi) is 2.88. The van der Waals surface area contributed by atoms with Crippen LogP contribution in [0.25, 0.3) is 0 Å². The minimum Gasteiger partial charge on any atom is -0.399 e. The van der Waals surface area contributed by atoms with Crippen molar-refractivity contribution < 1.29 is 12.8 Å². The largest absolute Gasteiger partial charge is 0.399 e. The first-order chi connectivity index (χ1) is 7.49. The van der Waals surface area contributed by atoms with Gasteiger partial charge in [0.1, 0.15) is 10.7 Å². The smallest absolute Gasteiger partial charge is 0.181 e. The van der Waals surface area contributed by atoms with E-state index in [0.717, 1.165) is 25.3 Å². The molecule has 0 aromatic heterocycles. The fraction of sp³-hybridized carbons (Fsp3) is 0.455. The van der Waals surface area contributed by atoms with Gasteiger partial charge in [-0.2, -0.15) is 0 Å². The average Bonchev–Trinajstić information content (AvgIpc) is 2.11. The summed E-state index contributed by atoms with van der Waals surface area (Å²) in [6.45, 7) is 0. The summed E-state index contributed by atoms with van der Waals surface area (Å²) in [6, 6.07) is 3.71. The molecule has 1 saturated carbocycles. The van der Waals surface area contributed by atoms with Crippen molar-refractivity contribution in [1.82, 2.24) is 0 Å². The molecule has 16 heavy (non-hydrogen) atoms. The molecule has 0 unspecified atom stereocenters. The first-order valence-electron chi connectivity index (χ1n) is 5.27. The number of sulfone groups is 1. The summed E-state index contributed by atoms with van der Waals surface area (Å²) in [7, 11) is -3.50. The zero-order valence-electron chi connectivity index (χ0n) is 8.82. The van der Waals surface area contributed by atoms with Gasteiger partial charge in [-0.15, -0.1) is 0 Å². The zero-order valence-corrected chi connectivity index (χ0v) is 9.63.